The highest BCUT2D eigenvalue weighted by Crippen LogP contribution is 2.34. The number of rotatable bonds is 7. The second kappa shape index (κ2) is 11.1. The van der Waals surface area contributed by atoms with E-state index in [1.165, 1.54) is 0 Å². The van der Waals surface area contributed by atoms with E-state index in [0.717, 1.165) is 71.6 Å². The fourth-order valence-corrected chi connectivity index (χ4v) is 5.58. The van der Waals surface area contributed by atoms with Gasteiger partial charge in [-0.25, -0.2) is 9.98 Å². The highest BCUT2D eigenvalue weighted by Gasteiger charge is 2.25. The average molecular weight is 527 g/mol. The zero-order chi connectivity index (χ0) is 27.7. The van der Waals surface area contributed by atoms with Crippen LogP contribution in [0.1, 0.15) is 56.1 Å². The Balaban J connectivity index is 1.51. The molecule has 0 aliphatic carbocycles. The van der Waals surface area contributed by atoms with E-state index in [1.54, 1.807) is 0 Å². The standard InChI is InChI=1S/C31H38N6O2/c1-6-22(5)37-18-20(3)29-25(30(38)34-17-26-19(2)13-21(4)35-31(26)39)14-24(15-27(29)37)23-7-8-28(33-16-23)36-11-9-32-10-12-36/h7-8,13-16,18,22,26,32H,6,9-12,17H2,1-5H3,(H,34,38)/t22-,26?/m0/s1. The van der Waals surface area contributed by atoms with Crippen LogP contribution in [0.4, 0.5) is 5.82 Å². The molecular weight excluding hydrogens is 488 g/mol. The van der Waals surface area contributed by atoms with E-state index in [2.05, 4.69) is 70.3 Å². The zero-order valence-electron chi connectivity index (χ0n) is 23.5. The SMILES string of the molecule is CC[C@H](C)n1cc(C)c2c(C(=O)NCC3C(=O)N=C(C)C=C3C)cc(-c3ccc(N4CCNCC4)nc3)cc21. The molecule has 2 aliphatic heterocycles. The number of aryl methyl sites for hydroxylation is 1. The lowest BCUT2D eigenvalue weighted by Gasteiger charge is -2.28. The molecule has 2 aliphatic rings. The molecule has 1 saturated heterocycles. The Labute approximate surface area is 230 Å². The molecular formula is C31H38N6O2. The molecule has 3 aromatic rings. The third-order valence-electron chi connectivity index (χ3n) is 7.99. The van der Waals surface area contributed by atoms with E-state index >= 15 is 0 Å². The second-order valence-corrected chi connectivity index (χ2v) is 10.8. The van der Waals surface area contributed by atoms with Gasteiger partial charge in [0.15, 0.2) is 0 Å². The van der Waals surface area contributed by atoms with Crippen molar-refractivity contribution in [1.82, 2.24) is 20.2 Å². The van der Waals surface area contributed by atoms with Gasteiger partial charge in [-0.3, -0.25) is 9.59 Å². The van der Waals surface area contributed by atoms with Gasteiger partial charge in [0.05, 0.1) is 5.92 Å². The number of benzene rings is 1. The zero-order valence-corrected chi connectivity index (χ0v) is 23.5. The number of anilines is 1. The predicted octanol–water partition coefficient (Wildman–Crippen LogP) is 4.69. The summed E-state index contributed by atoms with van der Waals surface area (Å²) in [5, 5.41) is 7.36. The number of nitrogens with zero attached hydrogens (tertiary/aromatic N) is 4. The maximum Gasteiger partial charge on any atom is 0.254 e. The van der Waals surface area contributed by atoms with Crippen LogP contribution in [-0.2, 0) is 4.79 Å². The monoisotopic (exact) mass is 526 g/mol. The molecule has 204 valence electrons. The average Bonchev–Trinajstić information content (AvgIpc) is 3.28. The molecule has 0 bridgehead atoms. The van der Waals surface area contributed by atoms with E-state index in [0.29, 0.717) is 11.3 Å². The summed E-state index contributed by atoms with van der Waals surface area (Å²) in [5.41, 5.74) is 6.22. The van der Waals surface area contributed by atoms with Crippen LogP contribution in [0, 0.1) is 12.8 Å². The van der Waals surface area contributed by atoms with Crippen molar-refractivity contribution in [2.24, 2.45) is 10.9 Å². The first-order valence-corrected chi connectivity index (χ1v) is 13.9. The Hall–Kier alpha value is -3.78. The molecule has 39 heavy (non-hydrogen) atoms. The van der Waals surface area contributed by atoms with E-state index < -0.39 is 5.92 Å². The van der Waals surface area contributed by atoms with Crippen LogP contribution in [0.25, 0.3) is 22.0 Å². The molecule has 5 rings (SSSR count). The molecule has 2 amide bonds. The Morgan fingerprint density at radius 2 is 1.92 bits per heavy atom. The van der Waals surface area contributed by atoms with Crippen LogP contribution in [0.5, 0.6) is 0 Å². The first-order chi connectivity index (χ1) is 18.8. The van der Waals surface area contributed by atoms with Crippen molar-refractivity contribution in [3.05, 3.63) is 59.4 Å². The van der Waals surface area contributed by atoms with Gasteiger partial charge >= 0.3 is 0 Å². The summed E-state index contributed by atoms with van der Waals surface area (Å²) in [5.74, 6) is 0.131. The van der Waals surface area contributed by atoms with Gasteiger partial charge in [-0.1, -0.05) is 12.5 Å². The number of carbonyl (C=O) groups excluding carboxylic acids is 2. The topological polar surface area (TPSA) is 91.6 Å². The van der Waals surface area contributed by atoms with Crippen molar-refractivity contribution in [2.45, 2.75) is 47.1 Å². The number of nitrogens with one attached hydrogen (secondary N) is 2. The number of aliphatic imine (C=N–C) groups is 1. The highest BCUT2D eigenvalue weighted by atomic mass is 16.2. The first-order valence-electron chi connectivity index (χ1n) is 13.9. The third kappa shape index (κ3) is 5.39. The van der Waals surface area contributed by atoms with Crippen LogP contribution in [0.2, 0.25) is 0 Å². The van der Waals surface area contributed by atoms with Crippen LogP contribution >= 0.6 is 0 Å². The number of carbonyl (C=O) groups is 2. The van der Waals surface area contributed by atoms with Crippen LogP contribution in [0.3, 0.4) is 0 Å². The van der Waals surface area contributed by atoms with Crippen LogP contribution in [-0.4, -0.2) is 59.8 Å². The van der Waals surface area contributed by atoms with Gasteiger partial charge in [0.2, 0.25) is 0 Å². The van der Waals surface area contributed by atoms with Gasteiger partial charge in [0, 0.05) is 78.9 Å². The molecule has 2 aromatic heterocycles. The number of hydrogen-bond donors (Lipinski definition) is 2. The summed E-state index contributed by atoms with van der Waals surface area (Å²) >= 11 is 0. The maximum atomic E-state index is 13.7. The van der Waals surface area contributed by atoms with Gasteiger partial charge in [-0.2, -0.15) is 0 Å². The second-order valence-electron chi connectivity index (χ2n) is 10.8. The summed E-state index contributed by atoms with van der Waals surface area (Å²) in [6.07, 6.45) is 6.93. The van der Waals surface area contributed by atoms with E-state index in [9.17, 15) is 9.59 Å². The number of pyridine rings is 1. The number of piperazine rings is 1. The summed E-state index contributed by atoms with van der Waals surface area (Å²) in [6, 6.07) is 8.57. The molecule has 1 fully saturated rings. The summed E-state index contributed by atoms with van der Waals surface area (Å²) in [4.78, 5) is 37.4. The summed E-state index contributed by atoms with van der Waals surface area (Å²) in [6.45, 7) is 14.2. The Morgan fingerprint density at radius 3 is 2.59 bits per heavy atom. The molecule has 0 spiro atoms. The van der Waals surface area contributed by atoms with Gasteiger partial charge in [-0.15, -0.1) is 0 Å². The molecule has 8 heteroatoms. The highest BCUT2D eigenvalue weighted by molar-refractivity contribution is 6.10. The van der Waals surface area contributed by atoms with Crippen molar-refractivity contribution in [1.29, 1.82) is 0 Å². The number of fused-ring (bicyclic) bond motifs is 1. The molecule has 4 heterocycles. The fraction of sp³-hybridized carbons (Fsp3) is 0.419. The van der Waals surface area contributed by atoms with Gasteiger partial charge in [0.1, 0.15) is 5.82 Å². The molecule has 0 saturated carbocycles. The van der Waals surface area contributed by atoms with E-state index in [-0.39, 0.29) is 24.4 Å². The minimum absolute atomic E-state index is 0.191. The molecule has 1 unspecified atom stereocenters. The molecule has 1 aromatic carbocycles. The number of aromatic nitrogens is 2. The maximum absolute atomic E-state index is 13.7. The Morgan fingerprint density at radius 1 is 1.15 bits per heavy atom. The lowest BCUT2D eigenvalue weighted by atomic mass is 9.95. The van der Waals surface area contributed by atoms with E-state index in [1.807, 2.05) is 32.2 Å². The lowest BCUT2D eigenvalue weighted by Crippen LogP contribution is -2.43. The van der Waals surface area contributed by atoms with Crippen LogP contribution in [0.15, 0.2) is 53.3 Å². The Bertz CT molecular complexity index is 1460. The normalized spacial score (nSPS) is 18.6. The lowest BCUT2D eigenvalue weighted by molar-refractivity contribution is -0.120. The molecule has 8 nitrogen and oxygen atoms in total. The first kappa shape index (κ1) is 26.8. The van der Waals surface area contributed by atoms with Crippen molar-refractivity contribution < 1.29 is 9.59 Å². The molecule has 2 atom stereocenters. The van der Waals surface area contributed by atoms with Crippen LogP contribution < -0.4 is 15.5 Å². The third-order valence-corrected chi connectivity index (χ3v) is 7.99. The van der Waals surface area contributed by atoms with Crippen molar-refractivity contribution in [3.8, 4) is 11.1 Å². The summed E-state index contributed by atoms with van der Waals surface area (Å²) < 4.78 is 2.27. The molecule has 0 radical (unpaired) electrons. The predicted molar refractivity (Wildman–Crippen MR) is 158 cm³/mol. The van der Waals surface area contributed by atoms with Crippen molar-refractivity contribution >= 4 is 34.2 Å². The fourth-order valence-electron chi connectivity index (χ4n) is 5.58. The number of hydrogen-bond acceptors (Lipinski definition) is 5. The van der Waals surface area contributed by atoms with Gasteiger partial charge < -0.3 is 20.1 Å². The quantitative estimate of drug-likeness (QED) is 0.466. The largest absolute Gasteiger partial charge is 0.354 e. The Kier molecular flexibility index (Phi) is 7.66. The molecule has 2 N–H and O–H groups in total. The van der Waals surface area contributed by atoms with Gasteiger partial charge in [0.25, 0.3) is 11.8 Å². The smallest absolute Gasteiger partial charge is 0.254 e. The minimum Gasteiger partial charge on any atom is -0.354 e. The summed E-state index contributed by atoms with van der Waals surface area (Å²) in [7, 11) is 0. The number of amides is 2. The number of dihydropyridines is 1. The van der Waals surface area contributed by atoms with Gasteiger partial charge in [-0.05, 0) is 75.6 Å². The number of allylic oxidation sites excluding steroid dienone is 1. The van der Waals surface area contributed by atoms with Crippen molar-refractivity contribution in [2.75, 3.05) is 37.6 Å². The van der Waals surface area contributed by atoms with Crippen molar-refractivity contribution in [3.63, 3.8) is 0 Å². The minimum atomic E-state index is -0.441. The van der Waals surface area contributed by atoms with E-state index in [4.69, 9.17) is 4.98 Å².